The molecule has 3 heteroatoms. The number of aromatic nitrogens is 3. The Morgan fingerprint density at radius 1 is 1.14 bits per heavy atom. The van der Waals surface area contributed by atoms with Crippen LogP contribution in [0, 0.1) is 13.8 Å². The van der Waals surface area contributed by atoms with Crippen molar-refractivity contribution >= 4 is 0 Å². The molecule has 0 N–H and O–H groups in total. The lowest BCUT2D eigenvalue weighted by molar-refractivity contribution is 0.742. The summed E-state index contributed by atoms with van der Waals surface area (Å²) in [6, 6.07) is 4.16. The Kier molecular flexibility index (Phi) is 2.08. The summed E-state index contributed by atoms with van der Waals surface area (Å²) in [4.78, 5) is 4.15. The molecule has 2 rings (SSSR count). The molecule has 0 saturated carbocycles. The largest absolute Gasteiger partial charge is 0.272 e. The lowest BCUT2D eigenvalue weighted by Crippen LogP contribution is -1.92. The van der Waals surface area contributed by atoms with Crippen LogP contribution in [0.5, 0.6) is 0 Å². The Labute approximate surface area is 83.4 Å². The van der Waals surface area contributed by atoms with Gasteiger partial charge in [-0.25, -0.2) is 0 Å². The number of hydrogen-bond donors (Lipinski definition) is 0. The molecule has 2 heterocycles. The molecule has 0 fully saturated rings. The van der Waals surface area contributed by atoms with Crippen LogP contribution in [0.4, 0.5) is 0 Å². The lowest BCUT2D eigenvalue weighted by atomic mass is 10.1. The molecule has 0 unspecified atom stereocenters. The second-order valence-corrected chi connectivity index (χ2v) is 3.55. The predicted octanol–water partition coefficient (Wildman–Crippen LogP) is 2.10. The molecule has 0 aliphatic carbocycles. The van der Waals surface area contributed by atoms with Gasteiger partial charge in [0.1, 0.15) is 0 Å². The summed E-state index contributed by atoms with van der Waals surface area (Å²) in [7, 11) is 1.95. The minimum absolute atomic E-state index is 0.987. The molecule has 0 aromatic carbocycles. The van der Waals surface area contributed by atoms with E-state index in [1.54, 1.807) is 0 Å². The zero-order chi connectivity index (χ0) is 10.1. The summed E-state index contributed by atoms with van der Waals surface area (Å²) >= 11 is 0. The molecule has 72 valence electrons. The zero-order valence-electron chi connectivity index (χ0n) is 8.65. The average Bonchev–Trinajstić information content (AvgIpc) is 2.47. The Morgan fingerprint density at radius 3 is 2.50 bits per heavy atom. The van der Waals surface area contributed by atoms with Crippen molar-refractivity contribution in [3.63, 3.8) is 0 Å². The lowest BCUT2D eigenvalue weighted by Gasteiger charge is -1.96. The zero-order valence-corrected chi connectivity index (χ0v) is 8.65. The van der Waals surface area contributed by atoms with E-state index in [1.165, 1.54) is 0 Å². The number of rotatable bonds is 1. The second-order valence-electron chi connectivity index (χ2n) is 3.55. The highest BCUT2D eigenvalue weighted by atomic mass is 15.3. The molecule has 0 aliphatic heterocycles. The van der Waals surface area contributed by atoms with Crippen LogP contribution in [0.1, 0.15) is 11.3 Å². The highest BCUT2D eigenvalue weighted by Gasteiger charge is 2.03. The minimum atomic E-state index is 0.987. The maximum Gasteiger partial charge on any atom is 0.0941 e. The molecular weight excluding hydrogens is 174 g/mol. The summed E-state index contributed by atoms with van der Waals surface area (Å²) in [6.07, 6.45) is 3.69. The molecule has 0 amide bonds. The van der Waals surface area contributed by atoms with Crippen molar-refractivity contribution in [1.29, 1.82) is 0 Å². The molecule has 3 nitrogen and oxygen atoms in total. The van der Waals surface area contributed by atoms with Crippen LogP contribution in [0.3, 0.4) is 0 Å². The van der Waals surface area contributed by atoms with E-state index in [-0.39, 0.29) is 0 Å². The molecule has 0 atom stereocenters. The molecular formula is C11H13N3. The van der Waals surface area contributed by atoms with Gasteiger partial charge in [-0.1, -0.05) is 0 Å². The van der Waals surface area contributed by atoms with Gasteiger partial charge in [0, 0.05) is 30.7 Å². The van der Waals surface area contributed by atoms with E-state index in [0.717, 1.165) is 22.5 Å². The van der Waals surface area contributed by atoms with Gasteiger partial charge in [0.2, 0.25) is 0 Å². The van der Waals surface area contributed by atoms with Gasteiger partial charge < -0.3 is 0 Å². The number of nitrogens with zero attached hydrogens (tertiary/aromatic N) is 3. The quantitative estimate of drug-likeness (QED) is 0.684. The minimum Gasteiger partial charge on any atom is -0.272 e. The fraction of sp³-hybridized carbons (Fsp3) is 0.273. The molecule has 2 aromatic rings. The van der Waals surface area contributed by atoms with Crippen LogP contribution in [-0.2, 0) is 7.05 Å². The fourth-order valence-electron chi connectivity index (χ4n) is 1.40. The summed E-state index contributed by atoms with van der Waals surface area (Å²) in [5, 5.41) is 4.40. The monoisotopic (exact) mass is 187 g/mol. The van der Waals surface area contributed by atoms with Crippen LogP contribution < -0.4 is 0 Å². The van der Waals surface area contributed by atoms with Gasteiger partial charge in [0.05, 0.1) is 5.69 Å². The van der Waals surface area contributed by atoms with E-state index < -0.39 is 0 Å². The Bertz CT molecular complexity index is 438. The maximum absolute atomic E-state index is 4.40. The van der Waals surface area contributed by atoms with Crippen molar-refractivity contribution in [2.24, 2.45) is 7.05 Å². The van der Waals surface area contributed by atoms with Crippen molar-refractivity contribution in [1.82, 2.24) is 14.8 Å². The Hall–Kier alpha value is -1.64. The number of pyridine rings is 1. The van der Waals surface area contributed by atoms with Crippen LogP contribution >= 0.6 is 0 Å². The third-order valence-electron chi connectivity index (χ3n) is 2.28. The van der Waals surface area contributed by atoms with Crippen LogP contribution in [0.15, 0.2) is 24.5 Å². The van der Waals surface area contributed by atoms with E-state index in [2.05, 4.69) is 22.2 Å². The SMILES string of the molecule is Cc1cncc(-c2cc(C)n(C)n2)c1. The normalized spacial score (nSPS) is 10.5. The fourth-order valence-corrected chi connectivity index (χ4v) is 1.40. The van der Waals surface area contributed by atoms with Gasteiger partial charge in [-0.2, -0.15) is 5.10 Å². The van der Waals surface area contributed by atoms with Gasteiger partial charge >= 0.3 is 0 Å². The second kappa shape index (κ2) is 3.25. The van der Waals surface area contributed by atoms with Crippen molar-refractivity contribution < 1.29 is 0 Å². The first-order valence-corrected chi connectivity index (χ1v) is 4.59. The van der Waals surface area contributed by atoms with Crippen molar-refractivity contribution in [3.05, 3.63) is 35.8 Å². The molecule has 0 spiro atoms. The summed E-state index contributed by atoms with van der Waals surface area (Å²) in [6.45, 7) is 4.08. The third kappa shape index (κ3) is 1.53. The van der Waals surface area contributed by atoms with Gasteiger partial charge in [-0.05, 0) is 31.5 Å². The number of hydrogen-bond acceptors (Lipinski definition) is 2. The smallest absolute Gasteiger partial charge is 0.0941 e. The molecule has 0 radical (unpaired) electrons. The topological polar surface area (TPSA) is 30.7 Å². The highest BCUT2D eigenvalue weighted by Crippen LogP contribution is 2.18. The van der Waals surface area contributed by atoms with Gasteiger partial charge in [-0.3, -0.25) is 9.67 Å². The van der Waals surface area contributed by atoms with E-state index in [0.29, 0.717) is 0 Å². The van der Waals surface area contributed by atoms with E-state index in [1.807, 2.05) is 38.0 Å². The van der Waals surface area contributed by atoms with Crippen LogP contribution in [0.25, 0.3) is 11.3 Å². The third-order valence-corrected chi connectivity index (χ3v) is 2.28. The van der Waals surface area contributed by atoms with Gasteiger partial charge in [-0.15, -0.1) is 0 Å². The summed E-state index contributed by atoms with van der Waals surface area (Å²) < 4.78 is 1.87. The first-order chi connectivity index (χ1) is 6.66. The molecule has 14 heavy (non-hydrogen) atoms. The van der Waals surface area contributed by atoms with Gasteiger partial charge in [0.25, 0.3) is 0 Å². The molecule has 0 saturated heterocycles. The van der Waals surface area contributed by atoms with Crippen molar-refractivity contribution in [2.75, 3.05) is 0 Å². The standard InChI is InChI=1S/C11H13N3/c1-8-4-10(7-12-6-8)11-5-9(2)14(3)13-11/h4-7H,1-3H3. The first-order valence-electron chi connectivity index (χ1n) is 4.59. The van der Waals surface area contributed by atoms with E-state index in [9.17, 15) is 0 Å². The molecule has 0 bridgehead atoms. The summed E-state index contributed by atoms with van der Waals surface area (Å²) in [5.41, 5.74) is 4.38. The number of aryl methyl sites for hydroxylation is 3. The first kappa shape index (κ1) is 8.94. The summed E-state index contributed by atoms with van der Waals surface area (Å²) in [5.74, 6) is 0. The Morgan fingerprint density at radius 2 is 1.93 bits per heavy atom. The van der Waals surface area contributed by atoms with Crippen molar-refractivity contribution in [3.8, 4) is 11.3 Å². The van der Waals surface area contributed by atoms with Crippen LogP contribution in [0.2, 0.25) is 0 Å². The predicted molar refractivity (Wildman–Crippen MR) is 55.9 cm³/mol. The average molecular weight is 187 g/mol. The molecule has 0 aliphatic rings. The molecule has 2 aromatic heterocycles. The van der Waals surface area contributed by atoms with Crippen molar-refractivity contribution in [2.45, 2.75) is 13.8 Å². The highest BCUT2D eigenvalue weighted by molar-refractivity contribution is 5.58. The van der Waals surface area contributed by atoms with Crippen LogP contribution in [-0.4, -0.2) is 14.8 Å². The Balaban J connectivity index is 2.49. The van der Waals surface area contributed by atoms with Gasteiger partial charge in [0.15, 0.2) is 0 Å². The van der Waals surface area contributed by atoms with E-state index >= 15 is 0 Å². The maximum atomic E-state index is 4.40. The van der Waals surface area contributed by atoms with E-state index in [4.69, 9.17) is 0 Å².